The van der Waals surface area contributed by atoms with E-state index in [1.165, 1.54) is 14.2 Å². The molecule has 0 radical (unpaired) electrons. The summed E-state index contributed by atoms with van der Waals surface area (Å²) in [6, 6.07) is 9.18. The molecule has 2 rings (SSSR count). The van der Waals surface area contributed by atoms with Crippen molar-refractivity contribution < 1.29 is 19.1 Å². The Morgan fingerprint density at radius 2 is 1.71 bits per heavy atom. The molecular formula is C15H15NO4Se. The molecule has 110 valence electrons. The van der Waals surface area contributed by atoms with Crippen molar-refractivity contribution >= 4 is 31.5 Å². The molecule has 0 bridgehead atoms. The van der Waals surface area contributed by atoms with Gasteiger partial charge in [-0.25, -0.2) is 0 Å². The number of hydrogen-bond donors (Lipinski definition) is 0. The van der Waals surface area contributed by atoms with Crippen LogP contribution in [-0.4, -0.2) is 51.8 Å². The van der Waals surface area contributed by atoms with Crippen molar-refractivity contribution in [2.75, 3.05) is 14.2 Å². The first-order chi connectivity index (χ1) is 10.1. The zero-order valence-electron chi connectivity index (χ0n) is 12.0. The minimum absolute atomic E-state index is 0.295. The zero-order chi connectivity index (χ0) is 15.4. The van der Waals surface area contributed by atoms with Crippen molar-refractivity contribution in [3.05, 3.63) is 45.9 Å². The Kier molecular flexibility index (Phi) is 4.93. The second-order valence-electron chi connectivity index (χ2n) is 4.30. The molecule has 1 heterocycles. The monoisotopic (exact) mass is 353 g/mol. The van der Waals surface area contributed by atoms with Gasteiger partial charge in [0.25, 0.3) is 0 Å². The van der Waals surface area contributed by atoms with Gasteiger partial charge in [-0.3, -0.25) is 0 Å². The Labute approximate surface area is 129 Å². The van der Waals surface area contributed by atoms with Gasteiger partial charge in [0, 0.05) is 0 Å². The third kappa shape index (κ3) is 3.23. The number of aliphatic imine (C=N–C) groups is 1. The average Bonchev–Trinajstić information content (AvgIpc) is 2.53. The van der Waals surface area contributed by atoms with E-state index in [0.29, 0.717) is 10.0 Å². The average molecular weight is 352 g/mol. The molecule has 0 saturated heterocycles. The van der Waals surface area contributed by atoms with Crippen LogP contribution in [0.15, 0.2) is 45.4 Å². The molecule has 5 nitrogen and oxygen atoms in total. The summed E-state index contributed by atoms with van der Waals surface area (Å²) in [5, 5.41) is 0. The Morgan fingerprint density at radius 1 is 1.10 bits per heavy atom. The van der Waals surface area contributed by atoms with Crippen LogP contribution in [0, 0.1) is 0 Å². The van der Waals surface area contributed by atoms with Crippen LogP contribution in [0.25, 0.3) is 0 Å². The Morgan fingerprint density at radius 3 is 2.29 bits per heavy atom. The van der Waals surface area contributed by atoms with Gasteiger partial charge in [-0.05, 0) is 0 Å². The number of hydrogen-bond acceptors (Lipinski definition) is 5. The van der Waals surface area contributed by atoms with Gasteiger partial charge < -0.3 is 0 Å². The van der Waals surface area contributed by atoms with Gasteiger partial charge in [0.15, 0.2) is 0 Å². The molecule has 21 heavy (non-hydrogen) atoms. The van der Waals surface area contributed by atoms with E-state index >= 15 is 0 Å². The fraction of sp³-hybridized carbons (Fsp3) is 0.267. The van der Waals surface area contributed by atoms with Crippen molar-refractivity contribution in [2.45, 2.75) is 13.0 Å². The quantitative estimate of drug-likeness (QED) is 0.605. The molecule has 0 fully saturated rings. The molecule has 6 heteroatoms. The van der Waals surface area contributed by atoms with Gasteiger partial charge >= 0.3 is 129 Å². The normalized spacial score (nSPS) is 18.0. The van der Waals surface area contributed by atoms with Gasteiger partial charge in [0.1, 0.15) is 0 Å². The fourth-order valence-corrected chi connectivity index (χ4v) is 4.43. The Hall–Kier alpha value is -1.91. The van der Waals surface area contributed by atoms with E-state index in [2.05, 4.69) is 4.99 Å². The molecule has 0 N–H and O–H groups in total. The van der Waals surface area contributed by atoms with E-state index in [0.717, 1.165) is 10.2 Å². The van der Waals surface area contributed by atoms with Crippen molar-refractivity contribution in [2.24, 2.45) is 4.99 Å². The molecule has 0 saturated carbocycles. The van der Waals surface area contributed by atoms with Crippen LogP contribution in [-0.2, 0) is 19.1 Å². The predicted molar refractivity (Wildman–Crippen MR) is 79.3 cm³/mol. The fourth-order valence-electron chi connectivity index (χ4n) is 1.94. The second-order valence-corrected chi connectivity index (χ2v) is 6.40. The summed E-state index contributed by atoms with van der Waals surface area (Å²) in [6.07, 6.45) is 0. The van der Waals surface area contributed by atoms with Gasteiger partial charge in [-0.1, -0.05) is 0 Å². The van der Waals surface area contributed by atoms with Gasteiger partial charge in [0.05, 0.1) is 0 Å². The first-order valence-electron chi connectivity index (χ1n) is 6.30. The van der Waals surface area contributed by atoms with Crippen molar-refractivity contribution in [3.63, 3.8) is 0 Å². The van der Waals surface area contributed by atoms with Crippen LogP contribution in [0.5, 0.6) is 0 Å². The van der Waals surface area contributed by atoms with Crippen LogP contribution in [0.4, 0.5) is 0 Å². The number of carbonyl (C=O) groups excluding carboxylic acids is 2. The Balaban J connectivity index is 2.44. The number of rotatable bonds is 3. The Bertz CT molecular complexity index is 622. The van der Waals surface area contributed by atoms with Crippen LogP contribution < -0.4 is 0 Å². The zero-order valence-corrected chi connectivity index (χ0v) is 13.7. The molecule has 0 aliphatic carbocycles. The predicted octanol–water partition coefficient (Wildman–Crippen LogP) is 1.14. The second kappa shape index (κ2) is 6.70. The SMILES string of the molecule is COC(=O)C1=C(C(=O)OC)C(C)N=C(c2ccccc2)[Se]1. The maximum atomic E-state index is 12.0. The first-order valence-corrected chi connectivity index (χ1v) is 8.01. The van der Waals surface area contributed by atoms with E-state index in [4.69, 9.17) is 9.47 Å². The minimum atomic E-state index is -0.527. The first kappa shape index (κ1) is 15.5. The molecule has 1 aromatic rings. The van der Waals surface area contributed by atoms with Crippen molar-refractivity contribution in [3.8, 4) is 0 Å². The number of methoxy groups -OCH3 is 2. The van der Waals surface area contributed by atoms with Crippen LogP contribution in [0.3, 0.4) is 0 Å². The molecular weight excluding hydrogens is 337 g/mol. The molecule has 1 aromatic carbocycles. The maximum absolute atomic E-state index is 12.0. The van der Waals surface area contributed by atoms with E-state index in [9.17, 15) is 9.59 Å². The third-order valence-corrected chi connectivity index (χ3v) is 5.33. The number of esters is 2. The van der Waals surface area contributed by atoms with Crippen molar-refractivity contribution in [1.29, 1.82) is 0 Å². The van der Waals surface area contributed by atoms with Crippen LogP contribution in [0.1, 0.15) is 12.5 Å². The summed E-state index contributed by atoms with van der Waals surface area (Å²) in [4.78, 5) is 28.4. The number of nitrogens with zero attached hydrogens (tertiary/aromatic N) is 1. The summed E-state index contributed by atoms with van der Waals surface area (Å²) >= 11 is -0.398. The molecule has 1 aliphatic rings. The molecule has 1 unspecified atom stereocenters. The van der Waals surface area contributed by atoms with Gasteiger partial charge in [-0.2, -0.15) is 0 Å². The standard InChI is InChI=1S/C15H15NO4Se/c1-9-11(14(17)19-2)12(15(18)20-3)21-13(16-9)10-7-5-4-6-8-10/h4-9H,1-3H3. The topological polar surface area (TPSA) is 65.0 Å². The molecule has 0 aromatic heterocycles. The van der Waals surface area contributed by atoms with Crippen molar-refractivity contribution in [1.82, 2.24) is 0 Å². The van der Waals surface area contributed by atoms with E-state index in [1.807, 2.05) is 30.3 Å². The molecule has 0 amide bonds. The van der Waals surface area contributed by atoms with E-state index in [1.54, 1.807) is 6.92 Å². The summed E-state index contributed by atoms with van der Waals surface area (Å²) in [5.41, 5.74) is 1.25. The summed E-state index contributed by atoms with van der Waals surface area (Å²) in [5.74, 6) is -1.02. The van der Waals surface area contributed by atoms with Crippen LogP contribution >= 0.6 is 0 Å². The number of ether oxygens (including phenoxy) is 2. The molecule has 1 aliphatic heterocycles. The number of benzene rings is 1. The van der Waals surface area contributed by atoms with E-state index in [-0.39, 0.29) is 0 Å². The molecule has 0 spiro atoms. The third-order valence-electron chi connectivity index (χ3n) is 2.97. The number of carbonyl (C=O) groups is 2. The molecule has 1 atom stereocenters. The van der Waals surface area contributed by atoms with Crippen LogP contribution in [0.2, 0.25) is 0 Å². The summed E-state index contributed by atoms with van der Waals surface area (Å²) in [7, 11) is 2.60. The summed E-state index contributed by atoms with van der Waals surface area (Å²) < 4.78 is 10.8. The van der Waals surface area contributed by atoms with Gasteiger partial charge in [-0.15, -0.1) is 0 Å². The summed E-state index contributed by atoms with van der Waals surface area (Å²) in [6.45, 7) is 1.77. The van der Waals surface area contributed by atoms with E-state index < -0.39 is 32.9 Å². The van der Waals surface area contributed by atoms with Gasteiger partial charge in [0.2, 0.25) is 0 Å².